The van der Waals surface area contributed by atoms with Gasteiger partial charge in [-0.15, -0.1) is 0 Å². The zero-order valence-electron chi connectivity index (χ0n) is 7.80. The van der Waals surface area contributed by atoms with Crippen LogP contribution < -0.4 is 72.0 Å². The van der Waals surface area contributed by atoms with Crippen molar-refractivity contribution in [2.24, 2.45) is 0 Å². The van der Waals surface area contributed by atoms with E-state index < -0.39 is 7.27 Å². The monoisotopic (exact) mass is 230 g/mol. The Bertz CT molecular complexity index is 290. The standard InChI is InChI=1S/C6H7BF2N2O.FH.K/c1-12-6-5(7(8)9)2-4(10)3-11-6;;/h2-3H,10H2,1H3;1H;/q;;+1/p-1. The van der Waals surface area contributed by atoms with Crippen LogP contribution >= 0.6 is 0 Å². The van der Waals surface area contributed by atoms with Crippen LogP contribution in [0.1, 0.15) is 0 Å². The van der Waals surface area contributed by atoms with Gasteiger partial charge in [-0.05, 0) is 6.07 Å². The van der Waals surface area contributed by atoms with Crippen LogP contribution in [0.3, 0.4) is 0 Å². The summed E-state index contributed by atoms with van der Waals surface area (Å²) in [7, 11) is -1.33. The van der Waals surface area contributed by atoms with Crippen LogP contribution in [0.5, 0.6) is 5.88 Å². The number of methoxy groups -OCH3 is 1. The minimum absolute atomic E-state index is 0. The zero-order valence-corrected chi connectivity index (χ0v) is 10.9. The van der Waals surface area contributed by atoms with Crippen LogP contribution in [-0.2, 0) is 0 Å². The molecule has 3 nitrogen and oxygen atoms in total. The molecule has 0 spiro atoms. The van der Waals surface area contributed by atoms with Crippen LogP contribution in [0.4, 0.5) is 14.3 Å². The van der Waals surface area contributed by atoms with Crippen molar-refractivity contribution in [3.8, 4) is 5.88 Å². The molecule has 1 aromatic rings. The molecule has 0 bridgehead atoms. The maximum atomic E-state index is 12.2. The van der Waals surface area contributed by atoms with E-state index in [0.717, 1.165) is 6.07 Å². The van der Waals surface area contributed by atoms with Crippen LogP contribution in [-0.4, -0.2) is 19.4 Å². The minimum Gasteiger partial charge on any atom is -1.00 e. The molecule has 0 saturated heterocycles. The van der Waals surface area contributed by atoms with Gasteiger partial charge >= 0.3 is 58.7 Å². The first-order valence-electron chi connectivity index (χ1n) is 3.22. The second kappa shape index (κ2) is 7.52. The van der Waals surface area contributed by atoms with Crippen LogP contribution in [0.2, 0.25) is 0 Å². The third kappa shape index (κ3) is 4.18. The third-order valence-electron chi connectivity index (χ3n) is 1.33. The summed E-state index contributed by atoms with van der Waals surface area (Å²) in [5.41, 5.74) is 5.19. The van der Waals surface area contributed by atoms with Gasteiger partial charge < -0.3 is 15.2 Å². The molecule has 8 heteroatoms. The van der Waals surface area contributed by atoms with Gasteiger partial charge in [-0.25, -0.2) is 4.98 Å². The van der Waals surface area contributed by atoms with E-state index in [0.29, 0.717) is 0 Å². The number of nitrogen functional groups attached to an aromatic ring is 1. The molecule has 1 heterocycles. The summed E-state index contributed by atoms with van der Waals surface area (Å²) in [5, 5.41) is 0. The number of halogens is 3. The van der Waals surface area contributed by atoms with Crippen molar-refractivity contribution in [1.82, 2.24) is 4.98 Å². The van der Waals surface area contributed by atoms with Crippen molar-refractivity contribution in [1.29, 1.82) is 0 Å². The number of nitrogens with two attached hydrogens (primary N) is 1. The first-order chi connectivity index (χ1) is 5.65. The van der Waals surface area contributed by atoms with E-state index in [1.54, 1.807) is 0 Å². The number of pyridine rings is 1. The summed E-state index contributed by atoms with van der Waals surface area (Å²) in [5.74, 6) is -0.0841. The Morgan fingerprint density at radius 3 is 2.50 bits per heavy atom. The number of ether oxygens (including phenoxy) is 1. The molecular weight excluding hydrogens is 223 g/mol. The molecule has 72 valence electrons. The summed E-state index contributed by atoms with van der Waals surface area (Å²) in [4.78, 5) is 3.59. The zero-order chi connectivity index (χ0) is 9.14. The number of aromatic nitrogens is 1. The molecule has 0 aliphatic rings. The number of anilines is 1. The average Bonchev–Trinajstić information content (AvgIpc) is 2.04. The van der Waals surface area contributed by atoms with Gasteiger partial charge in [0, 0.05) is 5.69 Å². The molecule has 0 saturated carbocycles. The van der Waals surface area contributed by atoms with Gasteiger partial charge in [-0.3, -0.25) is 8.63 Å². The van der Waals surface area contributed by atoms with Gasteiger partial charge in [0.2, 0.25) is 5.88 Å². The van der Waals surface area contributed by atoms with Crippen molar-refractivity contribution >= 4 is 18.4 Å². The van der Waals surface area contributed by atoms with Crippen molar-refractivity contribution in [3.63, 3.8) is 0 Å². The fourth-order valence-corrected chi connectivity index (χ4v) is 0.813. The molecule has 1 rings (SSSR count). The van der Waals surface area contributed by atoms with E-state index in [9.17, 15) is 8.63 Å². The first-order valence-corrected chi connectivity index (χ1v) is 3.22. The molecule has 0 aromatic carbocycles. The van der Waals surface area contributed by atoms with Gasteiger partial charge in [0.25, 0.3) is 0 Å². The molecule has 0 atom stereocenters. The number of hydrogen-bond donors (Lipinski definition) is 1. The van der Waals surface area contributed by atoms with Crippen molar-refractivity contribution in [2.45, 2.75) is 0 Å². The second-order valence-electron chi connectivity index (χ2n) is 2.17. The molecule has 0 radical (unpaired) electrons. The van der Waals surface area contributed by atoms with E-state index in [4.69, 9.17) is 5.73 Å². The van der Waals surface area contributed by atoms with Gasteiger partial charge in [-0.2, -0.15) is 0 Å². The average molecular weight is 230 g/mol. The molecule has 0 amide bonds. The Balaban J connectivity index is 0. The fraction of sp³-hybridized carbons (Fsp3) is 0.167. The Hall–Kier alpha value is 0.241. The van der Waals surface area contributed by atoms with Crippen molar-refractivity contribution in [3.05, 3.63) is 12.3 Å². The molecular formula is C6H7BF3KN2O. The molecule has 0 unspecified atom stereocenters. The van der Waals surface area contributed by atoms with Crippen LogP contribution in [0, 0.1) is 0 Å². The maximum Gasteiger partial charge on any atom is 1.00 e. The van der Waals surface area contributed by atoms with E-state index in [-0.39, 0.29) is 73.1 Å². The summed E-state index contributed by atoms with van der Waals surface area (Å²) < 4.78 is 29.1. The summed E-state index contributed by atoms with van der Waals surface area (Å²) in [6.45, 7) is 0. The first kappa shape index (κ1) is 16.7. The SMILES string of the molecule is COc1ncc(N)cc1B(F)F.[F-].[K+]. The quantitative estimate of drug-likeness (QED) is 0.515. The minimum atomic E-state index is -2.61. The number of hydrogen-bond acceptors (Lipinski definition) is 3. The summed E-state index contributed by atoms with van der Waals surface area (Å²) in [6, 6.07) is 1.15. The topological polar surface area (TPSA) is 48.1 Å². The summed E-state index contributed by atoms with van der Waals surface area (Å²) in [6.07, 6.45) is 1.27. The van der Waals surface area contributed by atoms with Gasteiger partial charge in [0.15, 0.2) is 0 Å². The number of rotatable bonds is 2. The molecule has 1 aromatic heterocycles. The molecule has 0 fully saturated rings. The second-order valence-corrected chi connectivity index (χ2v) is 2.17. The van der Waals surface area contributed by atoms with E-state index >= 15 is 0 Å². The van der Waals surface area contributed by atoms with Crippen LogP contribution in [0.25, 0.3) is 0 Å². The smallest absolute Gasteiger partial charge is 1.00 e. The predicted octanol–water partition coefficient (Wildman–Crippen LogP) is -5.69. The van der Waals surface area contributed by atoms with Crippen molar-refractivity contribution in [2.75, 3.05) is 12.8 Å². The van der Waals surface area contributed by atoms with Gasteiger partial charge in [-0.1, -0.05) is 0 Å². The molecule has 0 aliphatic carbocycles. The van der Waals surface area contributed by atoms with E-state index in [1.165, 1.54) is 13.3 Å². The molecule has 2 N–H and O–H groups in total. The van der Waals surface area contributed by atoms with E-state index in [2.05, 4.69) is 9.72 Å². The van der Waals surface area contributed by atoms with Gasteiger partial charge in [0.1, 0.15) is 0 Å². The Morgan fingerprint density at radius 2 is 2.07 bits per heavy atom. The van der Waals surface area contributed by atoms with E-state index in [1.807, 2.05) is 0 Å². The Morgan fingerprint density at radius 1 is 1.50 bits per heavy atom. The molecule has 0 aliphatic heterocycles. The number of nitrogens with zero attached hydrogens (tertiary/aromatic N) is 1. The third-order valence-corrected chi connectivity index (χ3v) is 1.33. The Kier molecular flexibility index (Phi) is 8.95. The summed E-state index contributed by atoms with van der Waals surface area (Å²) >= 11 is 0. The van der Waals surface area contributed by atoms with Crippen LogP contribution in [0.15, 0.2) is 12.3 Å². The Labute approximate surface area is 122 Å². The molecule has 14 heavy (non-hydrogen) atoms. The van der Waals surface area contributed by atoms with Crippen molar-refractivity contribution < 1.29 is 69.5 Å². The largest absolute Gasteiger partial charge is 1.00 e. The normalized spacial score (nSPS) is 8.21. The predicted molar refractivity (Wildman–Crippen MR) is 42.8 cm³/mol. The maximum absolute atomic E-state index is 12.2. The van der Waals surface area contributed by atoms with Gasteiger partial charge in [0.05, 0.1) is 18.8 Å². The fourth-order valence-electron chi connectivity index (χ4n) is 0.813.